The van der Waals surface area contributed by atoms with E-state index >= 15 is 0 Å². The summed E-state index contributed by atoms with van der Waals surface area (Å²) in [5.41, 5.74) is 0.905. The third-order valence-electron chi connectivity index (χ3n) is 3.16. The van der Waals surface area contributed by atoms with Crippen molar-refractivity contribution in [1.82, 2.24) is 9.88 Å². The van der Waals surface area contributed by atoms with Crippen LogP contribution in [0.4, 0.5) is 0 Å². The van der Waals surface area contributed by atoms with Crippen LogP contribution in [0.3, 0.4) is 0 Å². The van der Waals surface area contributed by atoms with Gasteiger partial charge in [-0.05, 0) is 46.3 Å². The largest absolute Gasteiger partial charge is 0.338 e. The third-order valence-corrected chi connectivity index (χ3v) is 3.63. The van der Waals surface area contributed by atoms with E-state index in [9.17, 15) is 4.79 Å². The first kappa shape index (κ1) is 12.6. The van der Waals surface area contributed by atoms with Gasteiger partial charge >= 0.3 is 0 Å². The molecule has 1 fully saturated rings. The average Bonchev–Trinajstić information content (AvgIpc) is 2.28. The number of rotatable bonds is 1. The number of carbonyl (C=O) groups is 1. The number of piperidine rings is 1. The second-order valence-electron chi connectivity index (χ2n) is 5.36. The van der Waals surface area contributed by atoms with Crippen molar-refractivity contribution in [3.05, 3.63) is 28.5 Å². The molecular formula is C13H17BrN2O. The summed E-state index contributed by atoms with van der Waals surface area (Å²) < 4.78 is 0.757. The molecule has 1 aromatic heterocycles. The Morgan fingerprint density at radius 2 is 2.24 bits per heavy atom. The highest BCUT2D eigenvalue weighted by Gasteiger charge is 2.29. The molecule has 0 N–H and O–H groups in total. The monoisotopic (exact) mass is 296 g/mol. The highest BCUT2D eigenvalue weighted by molar-refractivity contribution is 9.10. The van der Waals surface area contributed by atoms with Crippen LogP contribution in [0.15, 0.2) is 22.9 Å². The Labute approximate surface area is 110 Å². The second kappa shape index (κ2) is 4.77. The van der Waals surface area contributed by atoms with Crippen molar-refractivity contribution in [2.24, 2.45) is 5.41 Å². The molecule has 4 heteroatoms. The zero-order valence-electron chi connectivity index (χ0n) is 10.2. The highest BCUT2D eigenvalue weighted by atomic mass is 79.9. The topological polar surface area (TPSA) is 33.2 Å². The minimum atomic E-state index is 0.0952. The molecular weight excluding hydrogens is 280 g/mol. The molecule has 0 aliphatic carbocycles. The standard InChI is InChI=1S/C13H17BrN2O/c1-13(2)6-3-7-16(9-13)12(17)10-4-5-11(14)15-8-10/h4-5,8H,3,6-7,9H2,1-2H3. The fourth-order valence-electron chi connectivity index (χ4n) is 2.28. The van der Waals surface area contributed by atoms with Crippen LogP contribution in [0, 0.1) is 5.41 Å². The van der Waals surface area contributed by atoms with Gasteiger partial charge in [0, 0.05) is 19.3 Å². The van der Waals surface area contributed by atoms with E-state index in [-0.39, 0.29) is 11.3 Å². The Bertz CT molecular complexity index is 414. The molecule has 92 valence electrons. The van der Waals surface area contributed by atoms with Gasteiger partial charge in [0.15, 0.2) is 0 Å². The Balaban J connectivity index is 2.12. The first-order valence-electron chi connectivity index (χ1n) is 5.89. The van der Waals surface area contributed by atoms with Gasteiger partial charge in [0.05, 0.1) is 5.56 Å². The Hall–Kier alpha value is -0.900. The zero-order chi connectivity index (χ0) is 12.5. The van der Waals surface area contributed by atoms with Gasteiger partial charge in [-0.2, -0.15) is 0 Å². The Morgan fingerprint density at radius 3 is 2.82 bits per heavy atom. The van der Waals surface area contributed by atoms with Gasteiger partial charge in [0.2, 0.25) is 0 Å². The van der Waals surface area contributed by atoms with E-state index in [4.69, 9.17) is 0 Å². The van der Waals surface area contributed by atoms with Gasteiger partial charge in [-0.3, -0.25) is 4.79 Å². The summed E-state index contributed by atoms with van der Waals surface area (Å²) in [5, 5.41) is 0. The first-order valence-corrected chi connectivity index (χ1v) is 6.68. The summed E-state index contributed by atoms with van der Waals surface area (Å²) >= 11 is 3.27. The normalized spacial score (nSPS) is 19.1. The van der Waals surface area contributed by atoms with Crippen LogP contribution < -0.4 is 0 Å². The van der Waals surface area contributed by atoms with E-state index in [0.29, 0.717) is 5.56 Å². The predicted molar refractivity (Wildman–Crippen MR) is 70.9 cm³/mol. The lowest BCUT2D eigenvalue weighted by molar-refractivity contribution is 0.0583. The molecule has 0 unspecified atom stereocenters. The van der Waals surface area contributed by atoms with Gasteiger partial charge in [-0.25, -0.2) is 4.98 Å². The van der Waals surface area contributed by atoms with Gasteiger partial charge < -0.3 is 4.90 Å². The third kappa shape index (κ3) is 3.06. The smallest absolute Gasteiger partial charge is 0.255 e. The summed E-state index contributed by atoms with van der Waals surface area (Å²) in [5.74, 6) is 0.0952. The maximum Gasteiger partial charge on any atom is 0.255 e. The van der Waals surface area contributed by atoms with Crippen LogP contribution in [0.5, 0.6) is 0 Å². The molecule has 1 aliphatic heterocycles. The molecule has 1 aromatic rings. The molecule has 1 amide bonds. The maximum atomic E-state index is 12.3. The minimum Gasteiger partial charge on any atom is -0.338 e. The maximum absolute atomic E-state index is 12.3. The average molecular weight is 297 g/mol. The molecule has 0 atom stereocenters. The number of halogens is 1. The van der Waals surface area contributed by atoms with Crippen LogP contribution in [-0.4, -0.2) is 28.9 Å². The second-order valence-corrected chi connectivity index (χ2v) is 6.18. The van der Waals surface area contributed by atoms with Crippen LogP contribution in [0.1, 0.15) is 37.0 Å². The Kier molecular flexibility index (Phi) is 3.52. The van der Waals surface area contributed by atoms with E-state index in [0.717, 1.165) is 24.1 Å². The lowest BCUT2D eigenvalue weighted by Gasteiger charge is -2.38. The molecule has 17 heavy (non-hydrogen) atoms. The molecule has 2 heterocycles. The van der Waals surface area contributed by atoms with Crippen LogP contribution in [0.2, 0.25) is 0 Å². The fourth-order valence-corrected chi connectivity index (χ4v) is 2.52. The molecule has 0 spiro atoms. The van der Waals surface area contributed by atoms with Crippen molar-refractivity contribution in [2.75, 3.05) is 13.1 Å². The zero-order valence-corrected chi connectivity index (χ0v) is 11.8. The van der Waals surface area contributed by atoms with Crippen molar-refractivity contribution in [1.29, 1.82) is 0 Å². The summed E-state index contributed by atoms with van der Waals surface area (Å²) in [6.45, 7) is 6.12. The minimum absolute atomic E-state index is 0.0952. The molecule has 0 saturated carbocycles. The van der Waals surface area contributed by atoms with E-state index in [2.05, 4.69) is 34.8 Å². The number of aromatic nitrogens is 1. The van der Waals surface area contributed by atoms with Gasteiger partial charge in [0.25, 0.3) is 5.91 Å². The van der Waals surface area contributed by atoms with Crippen molar-refractivity contribution >= 4 is 21.8 Å². The van der Waals surface area contributed by atoms with Crippen molar-refractivity contribution in [3.8, 4) is 0 Å². The lowest BCUT2D eigenvalue weighted by Crippen LogP contribution is -2.43. The van der Waals surface area contributed by atoms with Gasteiger partial charge in [-0.15, -0.1) is 0 Å². The number of pyridine rings is 1. The van der Waals surface area contributed by atoms with Crippen LogP contribution in [-0.2, 0) is 0 Å². The number of carbonyl (C=O) groups excluding carboxylic acids is 1. The van der Waals surface area contributed by atoms with Crippen LogP contribution >= 0.6 is 15.9 Å². The van der Waals surface area contributed by atoms with Crippen LogP contribution in [0.25, 0.3) is 0 Å². The highest BCUT2D eigenvalue weighted by Crippen LogP contribution is 2.29. The number of nitrogens with zero attached hydrogens (tertiary/aromatic N) is 2. The number of hydrogen-bond donors (Lipinski definition) is 0. The molecule has 0 radical (unpaired) electrons. The summed E-state index contributed by atoms with van der Waals surface area (Å²) in [7, 11) is 0. The van der Waals surface area contributed by atoms with Gasteiger partial charge in [-0.1, -0.05) is 13.8 Å². The molecule has 0 aromatic carbocycles. The Morgan fingerprint density at radius 1 is 1.47 bits per heavy atom. The molecule has 1 saturated heterocycles. The fraction of sp³-hybridized carbons (Fsp3) is 0.538. The molecule has 2 rings (SSSR count). The van der Waals surface area contributed by atoms with Crippen molar-refractivity contribution in [2.45, 2.75) is 26.7 Å². The quantitative estimate of drug-likeness (QED) is 0.746. The lowest BCUT2D eigenvalue weighted by atomic mass is 9.84. The molecule has 0 bridgehead atoms. The summed E-state index contributed by atoms with van der Waals surface area (Å²) in [6, 6.07) is 3.63. The van der Waals surface area contributed by atoms with E-state index in [1.54, 1.807) is 6.20 Å². The summed E-state index contributed by atoms with van der Waals surface area (Å²) in [4.78, 5) is 18.3. The predicted octanol–water partition coefficient (Wildman–Crippen LogP) is 3.11. The van der Waals surface area contributed by atoms with Crippen molar-refractivity contribution < 1.29 is 4.79 Å². The number of likely N-dealkylation sites (tertiary alicyclic amines) is 1. The first-order chi connectivity index (χ1) is 7.98. The van der Waals surface area contributed by atoms with E-state index < -0.39 is 0 Å². The van der Waals surface area contributed by atoms with Gasteiger partial charge in [0.1, 0.15) is 4.60 Å². The van der Waals surface area contributed by atoms with E-state index in [1.165, 1.54) is 6.42 Å². The van der Waals surface area contributed by atoms with Crippen molar-refractivity contribution in [3.63, 3.8) is 0 Å². The summed E-state index contributed by atoms with van der Waals surface area (Å²) in [6.07, 6.45) is 3.91. The number of hydrogen-bond acceptors (Lipinski definition) is 2. The van der Waals surface area contributed by atoms with E-state index in [1.807, 2.05) is 17.0 Å². The molecule has 3 nitrogen and oxygen atoms in total. The number of amides is 1. The molecule has 1 aliphatic rings. The SMILES string of the molecule is CC1(C)CCCN(C(=O)c2ccc(Br)nc2)C1.